The van der Waals surface area contributed by atoms with Crippen molar-refractivity contribution in [3.05, 3.63) is 101 Å². The molecule has 3 rings (SSSR count). The molecule has 50 heavy (non-hydrogen) atoms. The maximum Gasteiger partial charge on any atom is 0.430 e. The first-order valence-corrected chi connectivity index (χ1v) is 13.7. The largest absolute Gasteiger partial charge is 0.490 e. The van der Waals surface area contributed by atoms with Gasteiger partial charge in [0.25, 0.3) is 17.4 Å². The molecular formula is C30H26F8N6O6. The summed E-state index contributed by atoms with van der Waals surface area (Å²) in [5.74, 6) is -7.74. The molecule has 0 radical (unpaired) electrons. The van der Waals surface area contributed by atoms with E-state index in [4.69, 9.17) is 16.2 Å². The number of halogens is 8. The van der Waals surface area contributed by atoms with Gasteiger partial charge in [-0.3, -0.25) is 14.2 Å². The van der Waals surface area contributed by atoms with Gasteiger partial charge in [-0.15, -0.1) is 0 Å². The average Bonchev–Trinajstić information content (AvgIpc) is 3.56. The normalized spacial score (nSPS) is 12.8. The van der Waals surface area contributed by atoms with Crippen LogP contribution in [0.2, 0.25) is 0 Å². The fourth-order valence-electron chi connectivity index (χ4n) is 4.07. The van der Waals surface area contributed by atoms with Gasteiger partial charge in [-0.25, -0.2) is 18.6 Å². The van der Waals surface area contributed by atoms with Crippen LogP contribution >= 0.6 is 0 Å². The van der Waals surface area contributed by atoms with Gasteiger partial charge in [0.2, 0.25) is 0 Å². The van der Waals surface area contributed by atoms with Crippen molar-refractivity contribution in [2.24, 2.45) is 11.5 Å². The zero-order valence-corrected chi connectivity index (χ0v) is 25.4. The summed E-state index contributed by atoms with van der Waals surface area (Å²) in [6.07, 6.45) is -7.81. The van der Waals surface area contributed by atoms with Gasteiger partial charge in [-0.1, -0.05) is 6.58 Å². The molecule has 12 nitrogen and oxygen atoms in total. The van der Waals surface area contributed by atoms with Crippen LogP contribution in [0.15, 0.2) is 73.0 Å². The second kappa shape index (κ2) is 14.7. The van der Waals surface area contributed by atoms with E-state index < -0.39 is 99.9 Å². The Morgan fingerprint density at radius 2 is 1.58 bits per heavy atom. The van der Waals surface area contributed by atoms with Crippen LogP contribution in [0.3, 0.4) is 0 Å². The minimum absolute atomic E-state index is 0.0507. The Kier molecular flexibility index (Phi) is 11.3. The lowest BCUT2D eigenvalue weighted by Crippen LogP contribution is -2.54. The molecule has 0 saturated heterocycles. The first-order chi connectivity index (χ1) is 23.1. The van der Waals surface area contributed by atoms with Gasteiger partial charge in [-0.05, 0) is 42.8 Å². The molecule has 1 aromatic heterocycles. The van der Waals surface area contributed by atoms with Crippen molar-refractivity contribution >= 4 is 35.0 Å². The number of nitrogens with one attached hydrogen (secondary N) is 2. The number of carbonyl (C=O) groups excluding carboxylic acids is 2. The zero-order valence-electron chi connectivity index (χ0n) is 25.4. The Balaban J connectivity index is 2.02. The molecule has 0 bridgehead atoms. The van der Waals surface area contributed by atoms with Gasteiger partial charge in [-0.2, -0.15) is 26.3 Å². The minimum Gasteiger partial charge on any atom is -0.490 e. The van der Waals surface area contributed by atoms with Crippen LogP contribution in [0.1, 0.15) is 28.4 Å². The van der Waals surface area contributed by atoms with E-state index in [2.05, 4.69) is 16.9 Å². The van der Waals surface area contributed by atoms with Crippen LogP contribution in [-0.2, 0) is 21.6 Å². The number of hydrogen-bond donors (Lipinski definition) is 6. The van der Waals surface area contributed by atoms with Crippen molar-refractivity contribution in [3.63, 3.8) is 0 Å². The topological polar surface area (TPSA) is 195 Å². The molecule has 0 aliphatic heterocycles. The van der Waals surface area contributed by atoms with Crippen molar-refractivity contribution in [2.75, 3.05) is 17.2 Å². The van der Waals surface area contributed by atoms with Gasteiger partial charge in [0.1, 0.15) is 18.0 Å². The number of hydrogen-bond acceptors (Lipinski definition) is 8. The standard InChI is InChI=1S/C30H26F8N6O6/c1-14(2)25(45)42-21-12-23(19(32)10-16(21)27(47)48)50-8-5-15-9-22(17(11-18(15)31)28(49,29(33,34)35)30(36,37)38)43-26(46)20(39)3-4-24(40)44-7-6-41-13-44/h3-4,6-7,9-13,49H,1,5,8,39-40H2,2H3,(H,42,45)(H,43,46)(H,47,48)/b20-3-,24-4+. The molecule has 2 amide bonds. The third-order valence-corrected chi connectivity index (χ3v) is 6.71. The highest BCUT2D eigenvalue weighted by Gasteiger charge is 2.72. The van der Waals surface area contributed by atoms with Crippen LogP contribution < -0.4 is 26.8 Å². The number of amides is 2. The monoisotopic (exact) mass is 718 g/mol. The molecule has 268 valence electrons. The Labute approximate surface area is 276 Å². The summed E-state index contributed by atoms with van der Waals surface area (Å²) in [6.45, 7) is 3.92. The van der Waals surface area contributed by atoms with Gasteiger partial charge < -0.3 is 37.1 Å². The van der Waals surface area contributed by atoms with E-state index in [9.17, 15) is 55.3 Å². The van der Waals surface area contributed by atoms with Crippen LogP contribution in [-0.4, -0.2) is 56.5 Å². The Morgan fingerprint density at radius 3 is 2.12 bits per heavy atom. The minimum atomic E-state index is -6.48. The number of carbonyl (C=O) groups is 3. The first kappa shape index (κ1) is 38.5. The molecule has 0 atom stereocenters. The van der Waals surface area contributed by atoms with E-state index in [1.165, 1.54) is 30.2 Å². The molecule has 8 N–H and O–H groups in total. The van der Waals surface area contributed by atoms with E-state index >= 15 is 4.39 Å². The van der Waals surface area contributed by atoms with Crippen molar-refractivity contribution in [2.45, 2.75) is 31.3 Å². The molecular weight excluding hydrogens is 692 g/mol. The number of aromatic carboxylic acids is 1. The summed E-state index contributed by atoms with van der Waals surface area (Å²) in [5.41, 5.74) is -0.495. The fraction of sp³-hybridized carbons (Fsp3) is 0.200. The number of anilines is 2. The molecule has 1 heterocycles. The van der Waals surface area contributed by atoms with Crippen molar-refractivity contribution in [1.82, 2.24) is 9.55 Å². The Bertz CT molecular complexity index is 1860. The van der Waals surface area contributed by atoms with E-state index in [1.54, 1.807) is 5.32 Å². The first-order valence-electron chi connectivity index (χ1n) is 13.7. The van der Waals surface area contributed by atoms with Crippen molar-refractivity contribution in [1.29, 1.82) is 0 Å². The summed E-state index contributed by atoms with van der Waals surface area (Å²) in [6, 6.07) is 1.30. The molecule has 0 saturated carbocycles. The Hall–Kier alpha value is -5.92. The maximum atomic E-state index is 15.1. The third-order valence-electron chi connectivity index (χ3n) is 6.71. The predicted octanol–water partition coefficient (Wildman–Crippen LogP) is 4.55. The Morgan fingerprint density at radius 1 is 0.960 bits per heavy atom. The second-order valence-electron chi connectivity index (χ2n) is 10.3. The number of aliphatic hydroxyl groups is 1. The number of carboxylic acids is 1. The number of ether oxygens (including phenoxy) is 1. The lowest BCUT2D eigenvalue weighted by molar-refractivity contribution is -0.376. The van der Waals surface area contributed by atoms with Gasteiger partial charge in [0, 0.05) is 41.7 Å². The molecule has 0 unspecified atom stereocenters. The predicted molar refractivity (Wildman–Crippen MR) is 160 cm³/mol. The lowest BCUT2D eigenvalue weighted by atomic mass is 9.89. The number of nitrogens with zero attached hydrogens (tertiary/aromatic N) is 2. The van der Waals surface area contributed by atoms with E-state index in [-0.39, 0.29) is 17.5 Å². The van der Waals surface area contributed by atoms with Crippen LogP contribution in [0.25, 0.3) is 5.82 Å². The number of benzene rings is 2. The van der Waals surface area contributed by atoms with Gasteiger partial charge in [0.05, 0.1) is 23.6 Å². The summed E-state index contributed by atoms with van der Waals surface area (Å²) in [7, 11) is 0. The fourth-order valence-corrected chi connectivity index (χ4v) is 4.07. The smallest absolute Gasteiger partial charge is 0.430 e. The third kappa shape index (κ3) is 8.38. The lowest BCUT2D eigenvalue weighted by Gasteiger charge is -2.34. The molecule has 0 spiro atoms. The molecule has 0 aliphatic carbocycles. The average molecular weight is 719 g/mol. The number of allylic oxidation sites excluding steroid dienone is 2. The highest BCUT2D eigenvalue weighted by atomic mass is 19.4. The number of carboxylic acid groups (broad SMARTS) is 1. The summed E-state index contributed by atoms with van der Waals surface area (Å²) >= 11 is 0. The van der Waals surface area contributed by atoms with Crippen LogP contribution in [0.4, 0.5) is 46.5 Å². The molecule has 0 fully saturated rings. The highest BCUT2D eigenvalue weighted by molar-refractivity contribution is 6.07. The van der Waals surface area contributed by atoms with Crippen molar-refractivity contribution < 1.29 is 64.5 Å². The van der Waals surface area contributed by atoms with Crippen molar-refractivity contribution in [3.8, 4) is 5.75 Å². The second-order valence-corrected chi connectivity index (χ2v) is 10.3. The number of alkyl halides is 6. The van der Waals surface area contributed by atoms with E-state index in [0.717, 1.165) is 18.2 Å². The maximum absolute atomic E-state index is 15.1. The number of rotatable bonds is 12. The van der Waals surface area contributed by atoms with Crippen LogP contribution in [0, 0.1) is 11.6 Å². The zero-order chi connectivity index (χ0) is 37.8. The molecule has 0 aliphatic rings. The van der Waals surface area contributed by atoms with E-state index in [0.29, 0.717) is 12.1 Å². The number of imidazole rings is 1. The summed E-state index contributed by atoms with van der Waals surface area (Å²) in [5, 5.41) is 23.3. The number of nitrogens with two attached hydrogens (primary N) is 2. The quantitative estimate of drug-likeness (QED) is 0.0885. The SMILES string of the molecule is C=C(C)C(=O)Nc1cc(OCCc2cc(NC(=O)/C(N)=C/C=C(\N)n3ccnc3)c(C(O)(C(F)(F)F)C(F)(F)F)cc2F)c(F)cc1C(=O)O. The summed E-state index contributed by atoms with van der Waals surface area (Å²) in [4.78, 5) is 40.0. The van der Waals surface area contributed by atoms with E-state index in [1.807, 2.05) is 0 Å². The summed E-state index contributed by atoms with van der Waals surface area (Å²) < 4.78 is 119. The van der Waals surface area contributed by atoms with Gasteiger partial charge in [0.15, 0.2) is 11.6 Å². The van der Waals surface area contributed by atoms with Gasteiger partial charge >= 0.3 is 18.3 Å². The molecule has 3 aromatic rings. The highest BCUT2D eigenvalue weighted by Crippen LogP contribution is 2.52. The van der Waals surface area contributed by atoms with Crippen LogP contribution in [0.5, 0.6) is 5.75 Å². The number of aromatic nitrogens is 2. The molecule has 20 heteroatoms. The molecule has 2 aromatic carbocycles.